The van der Waals surface area contributed by atoms with Crippen LogP contribution in [0, 0.1) is 23.2 Å². The number of alkyl halides is 3. The molecule has 2 nitrogen and oxygen atoms in total. The zero-order chi connectivity index (χ0) is 32.5. The van der Waals surface area contributed by atoms with Gasteiger partial charge in [-0.05, 0) is 122 Å². The lowest BCUT2D eigenvalue weighted by molar-refractivity contribution is -0.00903. The summed E-state index contributed by atoms with van der Waals surface area (Å²) in [4.78, 5) is 6.53. The Morgan fingerprint density at radius 2 is 1.80 bits per heavy atom. The number of nitrogens with zero attached hydrogens (tertiary/aromatic N) is 2. The first kappa shape index (κ1) is 33.3. The van der Waals surface area contributed by atoms with Gasteiger partial charge >= 0.3 is 0 Å². The molecule has 0 N–H and O–H groups in total. The van der Waals surface area contributed by atoms with Crippen LogP contribution in [-0.4, -0.2) is 35.6 Å². The van der Waals surface area contributed by atoms with Crippen LogP contribution < -0.4 is 0 Å². The van der Waals surface area contributed by atoms with Gasteiger partial charge in [-0.25, -0.2) is 13.2 Å². The molecule has 2 fully saturated rings. The summed E-state index contributed by atoms with van der Waals surface area (Å²) >= 11 is 0. The van der Waals surface area contributed by atoms with Gasteiger partial charge in [0.15, 0.2) is 5.67 Å². The zero-order valence-electron chi connectivity index (χ0n) is 27.9. The summed E-state index contributed by atoms with van der Waals surface area (Å²) in [5.74, 6) is 2.97. The van der Waals surface area contributed by atoms with Crippen LogP contribution in [0.5, 0.6) is 0 Å². The number of likely N-dealkylation sites (N-methyl/N-ethyl adjacent to an activating group) is 1. The van der Waals surface area contributed by atoms with Crippen molar-refractivity contribution in [2.24, 2.45) is 23.2 Å². The number of fused-ring (bicyclic) bond motifs is 4. The van der Waals surface area contributed by atoms with Gasteiger partial charge in [0, 0.05) is 37.6 Å². The molecule has 5 heteroatoms. The molecular weight excluding hydrogens is 565 g/mol. The van der Waals surface area contributed by atoms with Crippen molar-refractivity contribution in [2.45, 2.75) is 97.1 Å². The summed E-state index contributed by atoms with van der Waals surface area (Å²) in [6, 6.07) is 13.7. The Morgan fingerprint density at radius 1 is 1.09 bits per heavy atom. The largest absolute Gasteiger partial charge is 0.374 e. The predicted octanol–water partition coefficient (Wildman–Crippen LogP) is 10.7. The molecule has 0 radical (unpaired) electrons. The van der Waals surface area contributed by atoms with E-state index in [0.717, 1.165) is 56.7 Å². The second-order valence-corrected chi connectivity index (χ2v) is 14.7. The summed E-state index contributed by atoms with van der Waals surface area (Å²) in [6.07, 6.45) is 13.4. The van der Waals surface area contributed by atoms with Crippen LogP contribution in [0.1, 0.15) is 95.2 Å². The molecule has 1 heterocycles. The number of benzene rings is 1. The van der Waals surface area contributed by atoms with E-state index in [1.807, 2.05) is 24.0 Å². The smallest absolute Gasteiger partial charge is 0.271 e. The summed E-state index contributed by atoms with van der Waals surface area (Å²) in [5, 5.41) is 0. The lowest BCUT2D eigenvalue weighted by atomic mass is 9.52. The highest BCUT2D eigenvalue weighted by atomic mass is 19.3. The Bertz CT molecular complexity index is 1430. The molecule has 0 aliphatic heterocycles. The molecule has 4 aliphatic carbocycles. The topological polar surface area (TPSA) is 16.1 Å². The molecule has 242 valence electrons. The van der Waals surface area contributed by atoms with E-state index in [1.165, 1.54) is 60.8 Å². The van der Waals surface area contributed by atoms with Gasteiger partial charge in [0.1, 0.15) is 0 Å². The molecule has 6 rings (SSSR count). The summed E-state index contributed by atoms with van der Waals surface area (Å²) in [7, 11) is 2.15. The van der Waals surface area contributed by atoms with E-state index in [4.69, 9.17) is 0 Å². The van der Waals surface area contributed by atoms with Gasteiger partial charge in [0.05, 0.1) is 0 Å². The number of hydrogen-bond donors (Lipinski definition) is 0. The minimum atomic E-state index is -2.87. The maximum atomic E-state index is 11.8. The van der Waals surface area contributed by atoms with E-state index in [9.17, 15) is 13.2 Å². The minimum absolute atomic E-state index is 0.452. The van der Waals surface area contributed by atoms with Gasteiger partial charge in [0.2, 0.25) is 0 Å². The molecule has 0 saturated heterocycles. The van der Waals surface area contributed by atoms with Crippen LogP contribution in [-0.2, 0) is 6.42 Å². The van der Waals surface area contributed by atoms with Crippen LogP contribution in [0.4, 0.5) is 13.2 Å². The van der Waals surface area contributed by atoms with Crippen LogP contribution in [0.2, 0.25) is 0 Å². The second kappa shape index (κ2) is 13.3. The van der Waals surface area contributed by atoms with Gasteiger partial charge in [-0.15, -0.1) is 0 Å². The van der Waals surface area contributed by atoms with Crippen molar-refractivity contribution in [1.29, 1.82) is 0 Å². The maximum Gasteiger partial charge on any atom is 0.271 e. The average Bonchev–Trinajstić information content (AvgIpc) is 3.32. The first-order valence-electron chi connectivity index (χ1n) is 16.8. The van der Waals surface area contributed by atoms with E-state index >= 15 is 0 Å². The Kier molecular flexibility index (Phi) is 9.87. The molecule has 1 unspecified atom stereocenters. The van der Waals surface area contributed by atoms with Crippen molar-refractivity contribution in [1.82, 2.24) is 9.88 Å². The van der Waals surface area contributed by atoms with Gasteiger partial charge in [-0.3, -0.25) is 4.98 Å². The fourth-order valence-corrected chi connectivity index (χ4v) is 8.40. The minimum Gasteiger partial charge on any atom is -0.374 e. The number of allylic oxidation sites excluding steroid dienone is 5. The third-order valence-corrected chi connectivity index (χ3v) is 11.4. The van der Waals surface area contributed by atoms with Gasteiger partial charge < -0.3 is 4.90 Å². The molecule has 0 bridgehead atoms. The predicted molar refractivity (Wildman–Crippen MR) is 181 cm³/mol. The van der Waals surface area contributed by atoms with Crippen molar-refractivity contribution in [3.8, 4) is 0 Å². The third kappa shape index (κ3) is 7.03. The summed E-state index contributed by atoms with van der Waals surface area (Å²) in [6.45, 7) is 16.6. The molecule has 0 amide bonds. The van der Waals surface area contributed by atoms with Crippen molar-refractivity contribution in [3.05, 3.63) is 107 Å². The monoisotopic (exact) mass is 616 g/mol. The van der Waals surface area contributed by atoms with Gasteiger partial charge in [-0.2, -0.15) is 0 Å². The first-order chi connectivity index (χ1) is 21.3. The SMILES string of the molecule is C=C1C=C2CC[C@@H]3C(=C2CC1)[C@@H](c1ccc(C(=C)N(C)CCc2cccnc2)cc1)C[C@@]1(C)C3CC[C@@H]1C.CC(C)(F)C(F)F. The quantitative estimate of drug-likeness (QED) is 0.308. The molecule has 1 aromatic carbocycles. The molecule has 1 aromatic heterocycles. The number of rotatable bonds is 7. The molecule has 4 aliphatic rings. The number of pyridine rings is 1. The molecule has 2 saturated carbocycles. The molecule has 2 aromatic rings. The van der Waals surface area contributed by atoms with E-state index in [-0.39, 0.29) is 0 Å². The Balaban J connectivity index is 0.000000515. The highest BCUT2D eigenvalue weighted by Gasteiger charge is 2.55. The molecule has 0 spiro atoms. The van der Waals surface area contributed by atoms with Crippen LogP contribution in [0.15, 0.2) is 90.3 Å². The molecule has 45 heavy (non-hydrogen) atoms. The number of halogens is 3. The average molecular weight is 617 g/mol. The maximum absolute atomic E-state index is 11.8. The fourth-order valence-electron chi connectivity index (χ4n) is 8.40. The lowest BCUT2D eigenvalue weighted by Crippen LogP contribution is -2.42. The van der Waals surface area contributed by atoms with Gasteiger partial charge in [-0.1, -0.05) is 74.6 Å². The standard InChI is InChI=1S/C36H44N2.C4H7F3/c1-24-8-15-31-30(21-24)14-16-32-34-17-9-25(2)36(34,4)22-33(35(31)32)29-12-10-28(11-13-29)26(3)38(5)20-18-27-7-6-19-37-23-27;1-4(2,7)3(5)6/h6-7,10-13,19,21,23,25,32-34H,1,3,8-9,14-18,20,22H2,2,4-5H3;3H,1-2H3/t25-,32-,33+,34?,36+;/m0./s1. The second-order valence-electron chi connectivity index (χ2n) is 14.7. The highest BCUT2D eigenvalue weighted by molar-refractivity contribution is 5.62. The summed E-state index contributed by atoms with van der Waals surface area (Å²) in [5.41, 5.74) is 9.67. The normalized spacial score (nSPS) is 27.6. The zero-order valence-corrected chi connectivity index (χ0v) is 27.9. The highest BCUT2D eigenvalue weighted by Crippen LogP contribution is 2.65. The number of aromatic nitrogens is 1. The van der Waals surface area contributed by atoms with Crippen LogP contribution >= 0.6 is 0 Å². The van der Waals surface area contributed by atoms with Crippen LogP contribution in [0.25, 0.3) is 5.70 Å². The first-order valence-corrected chi connectivity index (χ1v) is 16.8. The Morgan fingerprint density at radius 3 is 2.44 bits per heavy atom. The Labute approximate surface area is 269 Å². The van der Waals surface area contributed by atoms with Gasteiger partial charge in [0.25, 0.3) is 6.43 Å². The molecule has 5 atom stereocenters. The number of hydrogen-bond acceptors (Lipinski definition) is 2. The lowest BCUT2D eigenvalue weighted by Gasteiger charge is -2.52. The van der Waals surface area contributed by atoms with E-state index in [0.29, 0.717) is 11.3 Å². The van der Waals surface area contributed by atoms with Crippen molar-refractivity contribution >= 4 is 5.70 Å². The molecular formula is C40H51F3N2. The van der Waals surface area contributed by atoms with Crippen molar-refractivity contribution in [3.63, 3.8) is 0 Å². The summed E-state index contributed by atoms with van der Waals surface area (Å²) < 4.78 is 34.1. The van der Waals surface area contributed by atoms with Crippen molar-refractivity contribution in [2.75, 3.05) is 13.6 Å². The Hall–Kier alpha value is -3.08. The third-order valence-electron chi connectivity index (χ3n) is 11.4. The fraction of sp³-hybridized carbons (Fsp3) is 0.525. The van der Waals surface area contributed by atoms with Crippen molar-refractivity contribution < 1.29 is 13.2 Å². The van der Waals surface area contributed by atoms with E-state index < -0.39 is 12.1 Å². The van der Waals surface area contributed by atoms with E-state index in [1.54, 1.807) is 11.1 Å². The van der Waals surface area contributed by atoms with Crippen LogP contribution in [0.3, 0.4) is 0 Å². The van der Waals surface area contributed by atoms with E-state index in [2.05, 4.69) is 80.3 Å².